The Labute approximate surface area is 186 Å². The molecule has 2 aromatic rings. The number of hydrogen-bond acceptors (Lipinski definition) is 6. The lowest BCUT2D eigenvalue weighted by atomic mass is 10.2. The van der Waals surface area contributed by atoms with Crippen LogP contribution in [0.1, 0.15) is 24.9 Å². The molecule has 0 atom stereocenters. The molecule has 0 radical (unpaired) electrons. The van der Waals surface area contributed by atoms with Gasteiger partial charge in [0, 0.05) is 49.7 Å². The van der Waals surface area contributed by atoms with Crippen molar-refractivity contribution in [3.8, 4) is 0 Å². The summed E-state index contributed by atoms with van der Waals surface area (Å²) in [6, 6.07) is 9.95. The first kappa shape index (κ1) is 21.9. The third-order valence-corrected chi connectivity index (χ3v) is 8.38. The van der Waals surface area contributed by atoms with E-state index in [1.807, 2.05) is 19.1 Å². The molecule has 0 spiro atoms. The van der Waals surface area contributed by atoms with E-state index in [9.17, 15) is 18.0 Å². The predicted octanol–water partition coefficient (Wildman–Crippen LogP) is 1.68. The fourth-order valence-corrected chi connectivity index (χ4v) is 6.02. The van der Waals surface area contributed by atoms with Crippen LogP contribution < -0.4 is 0 Å². The smallest absolute Gasteiger partial charge is 0.264 e. The van der Waals surface area contributed by atoms with E-state index < -0.39 is 10.0 Å². The van der Waals surface area contributed by atoms with Gasteiger partial charge in [0.2, 0.25) is 10.0 Å². The summed E-state index contributed by atoms with van der Waals surface area (Å²) in [4.78, 5) is 31.0. The fourth-order valence-electron chi connectivity index (χ4n) is 3.73. The molecule has 2 aliphatic rings. The minimum atomic E-state index is -3.67. The molecule has 2 amide bonds. The summed E-state index contributed by atoms with van der Waals surface area (Å²) in [6.07, 6.45) is 0. The van der Waals surface area contributed by atoms with Gasteiger partial charge < -0.3 is 14.5 Å². The zero-order chi connectivity index (χ0) is 22.0. The van der Waals surface area contributed by atoms with Gasteiger partial charge in [0.1, 0.15) is 0 Å². The molecule has 31 heavy (non-hydrogen) atoms. The summed E-state index contributed by atoms with van der Waals surface area (Å²) >= 11 is 1.47. The molecule has 1 aromatic heterocycles. The van der Waals surface area contributed by atoms with Crippen LogP contribution in [0, 0.1) is 6.92 Å². The minimum absolute atomic E-state index is 0.0104. The molecule has 0 saturated carbocycles. The highest BCUT2D eigenvalue weighted by atomic mass is 32.2. The Morgan fingerprint density at radius 3 is 2.16 bits per heavy atom. The second kappa shape index (κ2) is 9.07. The summed E-state index contributed by atoms with van der Waals surface area (Å²) < 4.78 is 32.4. The Morgan fingerprint density at radius 1 is 0.903 bits per heavy atom. The monoisotopic (exact) mass is 463 g/mol. The van der Waals surface area contributed by atoms with E-state index in [4.69, 9.17) is 4.74 Å². The maximum absolute atomic E-state index is 13.0. The topological polar surface area (TPSA) is 87.2 Å². The van der Waals surface area contributed by atoms with Gasteiger partial charge >= 0.3 is 0 Å². The van der Waals surface area contributed by atoms with Crippen molar-refractivity contribution in [3.05, 3.63) is 51.7 Å². The second-order valence-corrected chi connectivity index (χ2v) is 10.8. The van der Waals surface area contributed by atoms with Crippen molar-refractivity contribution in [1.29, 1.82) is 0 Å². The van der Waals surface area contributed by atoms with E-state index in [2.05, 4.69) is 0 Å². The average molecular weight is 464 g/mol. The summed E-state index contributed by atoms with van der Waals surface area (Å²) in [5, 5.41) is 0. The number of carbonyl (C=O) groups is 2. The maximum atomic E-state index is 13.0. The molecular formula is C21H25N3O5S2. The zero-order valence-electron chi connectivity index (χ0n) is 17.3. The van der Waals surface area contributed by atoms with E-state index in [1.165, 1.54) is 27.8 Å². The first-order valence-electron chi connectivity index (χ1n) is 10.2. The van der Waals surface area contributed by atoms with Crippen LogP contribution >= 0.6 is 11.3 Å². The fraction of sp³-hybridized carbons (Fsp3) is 0.429. The Kier molecular flexibility index (Phi) is 6.42. The number of morpholine rings is 1. The Bertz CT molecular complexity index is 1070. The van der Waals surface area contributed by atoms with Gasteiger partial charge in [-0.3, -0.25) is 9.59 Å². The van der Waals surface area contributed by atoms with E-state index in [0.29, 0.717) is 62.9 Å². The molecule has 3 heterocycles. The molecule has 10 heteroatoms. The number of hydrogen-bond donors (Lipinski definition) is 0. The predicted molar refractivity (Wildman–Crippen MR) is 117 cm³/mol. The molecule has 1 aromatic carbocycles. The first-order chi connectivity index (χ1) is 14.9. The normalized spacial score (nSPS) is 18.2. The summed E-state index contributed by atoms with van der Waals surface area (Å²) in [7, 11) is -3.67. The first-order valence-corrected chi connectivity index (χ1v) is 12.4. The lowest BCUT2D eigenvalue weighted by molar-refractivity contribution is 0.0538. The van der Waals surface area contributed by atoms with Crippen LogP contribution in [0.25, 0.3) is 0 Å². The van der Waals surface area contributed by atoms with Crippen molar-refractivity contribution < 1.29 is 22.7 Å². The number of benzene rings is 1. The number of amides is 2. The lowest BCUT2D eigenvalue weighted by Gasteiger charge is -2.34. The molecule has 2 aliphatic heterocycles. The molecule has 8 nitrogen and oxygen atoms in total. The van der Waals surface area contributed by atoms with E-state index >= 15 is 0 Å². The van der Waals surface area contributed by atoms with Crippen LogP contribution in [0.2, 0.25) is 0 Å². The van der Waals surface area contributed by atoms with Gasteiger partial charge in [-0.05, 0) is 37.3 Å². The molecule has 0 unspecified atom stereocenters. The maximum Gasteiger partial charge on any atom is 0.264 e. The van der Waals surface area contributed by atoms with Gasteiger partial charge in [0.05, 0.1) is 23.0 Å². The zero-order valence-corrected chi connectivity index (χ0v) is 19.0. The summed E-state index contributed by atoms with van der Waals surface area (Å²) in [5.74, 6) is -0.234. The van der Waals surface area contributed by atoms with Gasteiger partial charge in [0.25, 0.3) is 11.8 Å². The van der Waals surface area contributed by atoms with Gasteiger partial charge in [0.15, 0.2) is 0 Å². The third kappa shape index (κ3) is 4.67. The van der Waals surface area contributed by atoms with Crippen LogP contribution in [0.4, 0.5) is 0 Å². The lowest BCUT2D eigenvalue weighted by Crippen LogP contribution is -2.50. The number of aryl methyl sites for hydroxylation is 1. The van der Waals surface area contributed by atoms with Crippen LogP contribution in [-0.2, 0) is 14.8 Å². The molecule has 0 aliphatic carbocycles. The van der Waals surface area contributed by atoms with E-state index in [0.717, 1.165) is 4.88 Å². The van der Waals surface area contributed by atoms with Crippen LogP contribution in [0.15, 0.2) is 41.3 Å². The Morgan fingerprint density at radius 2 is 1.55 bits per heavy atom. The quantitative estimate of drug-likeness (QED) is 0.689. The van der Waals surface area contributed by atoms with Gasteiger partial charge in [-0.1, -0.05) is 6.07 Å². The highest BCUT2D eigenvalue weighted by Gasteiger charge is 2.29. The number of ether oxygens (including phenoxy) is 1. The molecule has 2 saturated heterocycles. The number of thiophene rings is 1. The van der Waals surface area contributed by atoms with Crippen molar-refractivity contribution in [3.63, 3.8) is 0 Å². The number of rotatable bonds is 4. The molecule has 2 fully saturated rings. The number of sulfonamides is 1. The van der Waals surface area contributed by atoms with Crippen molar-refractivity contribution in [1.82, 2.24) is 14.1 Å². The third-order valence-electron chi connectivity index (χ3n) is 5.49. The van der Waals surface area contributed by atoms with Crippen LogP contribution in [0.3, 0.4) is 0 Å². The average Bonchev–Trinajstić information content (AvgIpc) is 3.25. The Balaban J connectivity index is 1.42. The number of nitrogens with zero attached hydrogens (tertiary/aromatic N) is 3. The van der Waals surface area contributed by atoms with Crippen molar-refractivity contribution in [2.24, 2.45) is 0 Å². The molecule has 0 bridgehead atoms. The SMILES string of the molecule is Cc1ccc(C(=O)N2CCN(C(=O)c3cccc(S(=O)(=O)N4CCOCC4)c3)CC2)s1. The van der Waals surface area contributed by atoms with Crippen LogP contribution in [-0.4, -0.2) is 86.8 Å². The summed E-state index contributed by atoms with van der Waals surface area (Å²) in [5.41, 5.74) is 0.336. The van der Waals surface area contributed by atoms with Crippen molar-refractivity contribution in [2.45, 2.75) is 11.8 Å². The highest BCUT2D eigenvalue weighted by molar-refractivity contribution is 7.89. The standard InChI is InChI=1S/C21H25N3O5S2/c1-16-5-6-19(30-16)21(26)23-9-7-22(8-10-23)20(25)17-3-2-4-18(15-17)31(27,28)24-11-13-29-14-12-24/h2-6,15H,7-14H2,1H3. The van der Waals surface area contributed by atoms with Gasteiger partial charge in [-0.15, -0.1) is 11.3 Å². The number of carbonyl (C=O) groups excluding carboxylic acids is 2. The molecule has 0 N–H and O–H groups in total. The second-order valence-electron chi connectivity index (χ2n) is 7.54. The Hall–Kier alpha value is -2.27. The molecule has 166 valence electrons. The van der Waals surface area contributed by atoms with E-state index in [1.54, 1.807) is 21.9 Å². The largest absolute Gasteiger partial charge is 0.379 e. The minimum Gasteiger partial charge on any atom is -0.379 e. The molecular weight excluding hydrogens is 438 g/mol. The van der Waals surface area contributed by atoms with Crippen molar-refractivity contribution in [2.75, 3.05) is 52.5 Å². The van der Waals surface area contributed by atoms with Gasteiger partial charge in [-0.2, -0.15) is 4.31 Å². The number of piperazine rings is 1. The summed E-state index contributed by atoms with van der Waals surface area (Å²) in [6.45, 7) is 5.04. The van der Waals surface area contributed by atoms with Crippen molar-refractivity contribution >= 4 is 33.2 Å². The van der Waals surface area contributed by atoms with Crippen LogP contribution in [0.5, 0.6) is 0 Å². The van der Waals surface area contributed by atoms with Gasteiger partial charge in [-0.25, -0.2) is 8.42 Å². The van der Waals surface area contributed by atoms with E-state index in [-0.39, 0.29) is 16.7 Å². The molecule has 4 rings (SSSR count). The highest BCUT2D eigenvalue weighted by Crippen LogP contribution is 2.21.